The van der Waals surface area contributed by atoms with Crippen LogP contribution in [-0.4, -0.2) is 5.11 Å². The molecule has 0 spiro atoms. The molecule has 0 unspecified atom stereocenters. The van der Waals surface area contributed by atoms with Gasteiger partial charge in [0.15, 0.2) is 0 Å². The molecule has 0 bridgehead atoms. The minimum absolute atomic E-state index is 0.0747. The van der Waals surface area contributed by atoms with Crippen LogP contribution in [0.1, 0.15) is 30.9 Å². The van der Waals surface area contributed by atoms with Crippen molar-refractivity contribution in [3.8, 4) is 5.75 Å². The monoisotopic (exact) mass is 333 g/mol. The van der Waals surface area contributed by atoms with E-state index in [0.29, 0.717) is 8.95 Å². The summed E-state index contributed by atoms with van der Waals surface area (Å²) < 4.78 is 1.39. The molecule has 0 radical (unpaired) electrons. The molecule has 0 amide bonds. The summed E-state index contributed by atoms with van der Waals surface area (Å²) in [7, 11) is 0. The number of phenols is 1. The highest BCUT2D eigenvalue weighted by molar-refractivity contribution is 9.11. The maximum atomic E-state index is 9.57. The van der Waals surface area contributed by atoms with Gasteiger partial charge in [0.1, 0.15) is 5.75 Å². The molecular weight excluding hydrogens is 322 g/mol. The van der Waals surface area contributed by atoms with Crippen molar-refractivity contribution in [2.75, 3.05) is 0 Å². The van der Waals surface area contributed by atoms with Crippen molar-refractivity contribution in [3.63, 3.8) is 0 Å². The summed E-state index contributed by atoms with van der Waals surface area (Å²) in [6.45, 7) is 0. The standard InChI is InChI=1S/C11H13Br2NO/c12-8-4-7(5-9(13)11(8)15)10(14)3-6-1-2-6/h4-6,10,15H,1-3,14H2/t10-/m0/s1. The Kier molecular flexibility index (Phi) is 3.38. The van der Waals surface area contributed by atoms with Crippen LogP contribution in [0.15, 0.2) is 21.1 Å². The van der Waals surface area contributed by atoms with Crippen LogP contribution < -0.4 is 5.73 Å². The lowest BCUT2D eigenvalue weighted by molar-refractivity contribution is 0.467. The van der Waals surface area contributed by atoms with E-state index >= 15 is 0 Å². The lowest BCUT2D eigenvalue weighted by Gasteiger charge is -2.13. The third-order valence-corrected chi connectivity index (χ3v) is 3.96. The minimum Gasteiger partial charge on any atom is -0.506 e. The van der Waals surface area contributed by atoms with Gasteiger partial charge < -0.3 is 10.8 Å². The lowest BCUT2D eigenvalue weighted by Crippen LogP contribution is -2.11. The predicted octanol–water partition coefficient (Wildman–Crippen LogP) is 3.72. The maximum absolute atomic E-state index is 9.57. The first kappa shape index (κ1) is 11.4. The van der Waals surface area contributed by atoms with Gasteiger partial charge in [-0.05, 0) is 61.9 Å². The van der Waals surface area contributed by atoms with E-state index in [4.69, 9.17) is 5.73 Å². The van der Waals surface area contributed by atoms with Crippen LogP contribution in [0, 0.1) is 5.92 Å². The normalized spacial score (nSPS) is 17.8. The van der Waals surface area contributed by atoms with Gasteiger partial charge in [-0.1, -0.05) is 12.8 Å². The fraction of sp³-hybridized carbons (Fsp3) is 0.455. The third-order valence-electron chi connectivity index (χ3n) is 2.75. The summed E-state index contributed by atoms with van der Waals surface area (Å²) in [5, 5.41) is 9.57. The average Bonchev–Trinajstić information content (AvgIpc) is 2.97. The molecule has 15 heavy (non-hydrogen) atoms. The highest BCUT2D eigenvalue weighted by Gasteiger charge is 2.25. The molecule has 0 saturated heterocycles. The first-order valence-corrected chi connectivity index (χ1v) is 6.60. The van der Waals surface area contributed by atoms with Crippen LogP contribution in [0.2, 0.25) is 0 Å². The molecule has 3 N–H and O–H groups in total. The van der Waals surface area contributed by atoms with E-state index in [-0.39, 0.29) is 11.8 Å². The number of nitrogens with two attached hydrogens (primary N) is 1. The number of rotatable bonds is 3. The number of benzene rings is 1. The predicted molar refractivity (Wildman–Crippen MR) is 67.8 cm³/mol. The molecule has 1 aliphatic carbocycles. The van der Waals surface area contributed by atoms with E-state index < -0.39 is 0 Å². The quantitative estimate of drug-likeness (QED) is 0.885. The molecular formula is C11H13Br2NO. The van der Waals surface area contributed by atoms with Crippen molar-refractivity contribution in [2.45, 2.75) is 25.3 Å². The summed E-state index contributed by atoms with van der Waals surface area (Å²) in [6, 6.07) is 3.87. The van der Waals surface area contributed by atoms with Gasteiger partial charge in [0.05, 0.1) is 8.95 Å². The van der Waals surface area contributed by atoms with Crippen LogP contribution in [0.3, 0.4) is 0 Å². The molecule has 0 aliphatic heterocycles. The van der Waals surface area contributed by atoms with Gasteiger partial charge in [0.25, 0.3) is 0 Å². The fourth-order valence-corrected chi connectivity index (χ4v) is 2.87. The second kappa shape index (κ2) is 4.44. The molecule has 82 valence electrons. The fourth-order valence-electron chi connectivity index (χ4n) is 1.65. The van der Waals surface area contributed by atoms with E-state index in [2.05, 4.69) is 31.9 Å². The van der Waals surface area contributed by atoms with Crippen LogP contribution in [0.5, 0.6) is 5.75 Å². The van der Waals surface area contributed by atoms with E-state index in [9.17, 15) is 5.11 Å². The summed E-state index contributed by atoms with van der Waals surface area (Å²) >= 11 is 6.62. The SMILES string of the molecule is N[C@@H](CC1CC1)c1cc(Br)c(O)c(Br)c1. The van der Waals surface area contributed by atoms with Crippen molar-refractivity contribution in [1.29, 1.82) is 0 Å². The molecule has 1 aromatic rings. The zero-order valence-electron chi connectivity index (χ0n) is 8.21. The number of hydrogen-bond acceptors (Lipinski definition) is 2. The first-order valence-electron chi connectivity index (χ1n) is 5.01. The van der Waals surface area contributed by atoms with Crippen LogP contribution >= 0.6 is 31.9 Å². The average molecular weight is 335 g/mol. The Balaban J connectivity index is 2.19. The Bertz CT molecular complexity index is 354. The second-order valence-corrected chi connectivity index (χ2v) is 5.83. The number of phenolic OH excluding ortho intramolecular Hbond substituents is 1. The largest absolute Gasteiger partial charge is 0.506 e. The molecule has 1 aromatic carbocycles. The number of aromatic hydroxyl groups is 1. The highest BCUT2D eigenvalue weighted by atomic mass is 79.9. The van der Waals surface area contributed by atoms with E-state index in [1.807, 2.05) is 12.1 Å². The van der Waals surface area contributed by atoms with E-state index in [1.54, 1.807) is 0 Å². The maximum Gasteiger partial charge on any atom is 0.143 e. The molecule has 2 nitrogen and oxygen atoms in total. The summed E-state index contributed by atoms with van der Waals surface area (Å²) in [5.74, 6) is 1.05. The summed E-state index contributed by atoms with van der Waals surface area (Å²) in [6.07, 6.45) is 3.67. The molecule has 2 rings (SSSR count). The zero-order chi connectivity index (χ0) is 11.0. The van der Waals surface area contributed by atoms with Gasteiger partial charge in [0.2, 0.25) is 0 Å². The Labute approximate surface area is 106 Å². The van der Waals surface area contributed by atoms with Crippen molar-refractivity contribution in [2.24, 2.45) is 11.7 Å². The van der Waals surface area contributed by atoms with E-state index in [1.165, 1.54) is 12.8 Å². The second-order valence-electron chi connectivity index (χ2n) is 4.12. The summed E-state index contributed by atoms with van der Waals surface area (Å²) in [5.41, 5.74) is 7.17. The molecule has 1 atom stereocenters. The van der Waals surface area contributed by atoms with Crippen molar-refractivity contribution >= 4 is 31.9 Å². The lowest BCUT2D eigenvalue weighted by atomic mass is 10.0. The smallest absolute Gasteiger partial charge is 0.143 e. The molecule has 0 heterocycles. The zero-order valence-corrected chi connectivity index (χ0v) is 11.4. The molecule has 1 aliphatic rings. The van der Waals surface area contributed by atoms with Crippen molar-refractivity contribution < 1.29 is 5.11 Å². The molecule has 1 fully saturated rings. The molecule has 1 saturated carbocycles. The van der Waals surface area contributed by atoms with Gasteiger partial charge in [0, 0.05) is 6.04 Å². The minimum atomic E-state index is 0.0747. The van der Waals surface area contributed by atoms with Crippen LogP contribution in [0.4, 0.5) is 0 Å². The molecule has 0 aromatic heterocycles. The third kappa shape index (κ3) is 2.74. The molecule has 4 heteroatoms. The summed E-state index contributed by atoms with van der Waals surface area (Å²) in [4.78, 5) is 0. The van der Waals surface area contributed by atoms with Crippen molar-refractivity contribution in [3.05, 3.63) is 26.6 Å². The number of hydrogen-bond donors (Lipinski definition) is 2. The Hall–Kier alpha value is -0.0600. The van der Waals surface area contributed by atoms with Gasteiger partial charge in [-0.3, -0.25) is 0 Å². The first-order chi connectivity index (χ1) is 7.08. The Morgan fingerprint density at radius 3 is 2.33 bits per heavy atom. The van der Waals surface area contributed by atoms with Crippen molar-refractivity contribution in [1.82, 2.24) is 0 Å². The van der Waals surface area contributed by atoms with E-state index in [0.717, 1.165) is 17.9 Å². The topological polar surface area (TPSA) is 46.2 Å². The highest BCUT2D eigenvalue weighted by Crippen LogP contribution is 2.39. The number of halogens is 2. The van der Waals surface area contributed by atoms with Gasteiger partial charge >= 0.3 is 0 Å². The van der Waals surface area contributed by atoms with Crippen LogP contribution in [-0.2, 0) is 0 Å². The van der Waals surface area contributed by atoms with Gasteiger partial charge in [-0.2, -0.15) is 0 Å². The Morgan fingerprint density at radius 2 is 1.87 bits per heavy atom. The Morgan fingerprint density at radius 1 is 1.33 bits per heavy atom. The van der Waals surface area contributed by atoms with Gasteiger partial charge in [-0.25, -0.2) is 0 Å². The van der Waals surface area contributed by atoms with Gasteiger partial charge in [-0.15, -0.1) is 0 Å². The van der Waals surface area contributed by atoms with Crippen LogP contribution in [0.25, 0.3) is 0 Å².